The number of carbonyl (C=O) groups is 1. The lowest BCUT2D eigenvalue weighted by Crippen LogP contribution is -2.25. The molecule has 92 valence electrons. The third-order valence-electron chi connectivity index (χ3n) is 2.27. The normalized spacial score (nSPS) is 12.5. The number of hydrazone groups is 1. The minimum Gasteiger partial charge on any atom is -0.378 e. The second kappa shape index (κ2) is 6.09. The predicted octanol–water partition coefficient (Wildman–Crippen LogP) is 1.93. The van der Waals surface area contributed by atoms with Crippen LogP contribution in [0.3, 0.4) is 0 Å². The molecule has 0 bridgehead atoms. The van der Waals surface area contributed by atoms with Gasteiger partial charge in [-0.15, -0.1) is 11.3 Å². The molecule has 5 heteroatoms. The van der Waals surface area contributed by atoms with Crippen molar-refractivity contribution in [2.24, 2.45) is 5.10 Å². The lowest BCUT2D eigenvalue weighted by molar-refractivity contribution is -0.129. The average molecular weight is 260 g/mol. The monoisotopic (exact) mass is 260 g/mol. The molecule has 2 N–H and O–H groups in total. The Morgan fingerprint density at radius 1 is 1.28 bits per heavy atom. The van der Waals surface area contributed by atoms with Crippen LogP contribution in [0.5, 0.6) is 0 Å². The minimum atomic E-state index is -1.20. The first kappa shape index (κ1) is 12.5. The summed E-state index contributed by atoms with van der Waals surface area (Å²) in [5.41, 5.74) is 2.85. The molecule has 0 unspecified atom stereocenters. The van der Waals surface area contributed by atoms with Crippen LogP contribution in [0.4, 0.5) is 0 Å². The highest BCUT2D eigenvalue weighted by atomic mass is 32.1. The van der Waals surface area contributed by atoms with Crippen LogP contribution >= 0.6 is 11.3 Å². The summed E-state index contributed by atoms with van der Waals surface area (Å²) in [5, 5.41) is 15.5. The summed E-state index contributed by atoms with van der Waals surface area (Å²) in [5.74, 6) is -0.547. The van der Waals surface area contributed by atoms with Crippen LogP contribution in [0.15, 0.2) is 52.9 Å². The zero-order valence-corrected chi connectivity index (χ0v) is 10.3. The molecular formula is C13H12N2O2S. The van der Waals surface area contributed by atoms with Gasteiger partial charge in [-0.05, 0) is 17.0 Å². The van der Waals surface area contributed by atoms with Gasteiger partial charge in [-0.1, -0.05) is 36.4 Å². The maximum atomic E-state index is 11.6. The van der Waals surface area contributed by atoms with Crippen molar-refractivity contribution in [2.45, 2.75) is 6.10 Å². The summed E-state index contributed by atoms with van der Waals surface area (Å²) in [6, 6.07) is 12.5. The van der Waals surface area contributed by atoms with Gasteiger partial charge in [0.2, 0.25) is 0 Å². The second-order valence-electron chi connectivity index (χ2n) is 3.56. The van der Waals surface area contributed by atoms with E-state index in [9.17, 15) is 9.90 Å². The molecule has 2 aromatic rings. The van der Waals surface area contributed by atoms with E-state index >= 15 is 0 Å². The lowest BCUT2D eigenvalue weighted by atomic mass is 10.1. The van der Waals surface area contributed by atoms with Crippen LogP contribution in [0, 0.1) is 0 Å². The zero-order valence-electron chi connectivity index (χ0n) is 9.48. The highest BCUT2D eigenvalue weighted by molar-refractivity contribution is 7.11. The van der Waals surface area contributed by atoms with Crippen LogP contribution in [0.1, 0.15) is 16.5 Å². The fraction of sp³-hybridized carbons (Fsp3) is 0.0769. The van der Waals surface area contributed by atoms with Gasteiger partial charge in [-0.2, -0.15) is 5.10 Å². The van der Waals surface area contributed by atoms with Gasteiger partial charge >= 0.3 is 0 Å². The Kier molecular flexibility index (Phi) is 4.22. The molecule has 0 radical (unpaired) electrons. The van der Waals surface area contributed by atoms with E-state index in [1.54, 1.807) is 30.5 Å². The summed E-state index contributed by atoms with van der Waals surface area (Å²) in [6.45, 7) is 0. The van der Waals surface area contributed by atoms with Gasteiger partial charge in [0.25, 0.3) is 5.91 Å². The Hall–Kier alpha value is -1.98. The van der Waals surface area contributed by atoms with E-state index in [4.69, 9.17) is 0 Å². The van der Waals surface area contributed by atoms with E-state index in [1.165, 1.54) is 11.3 Å². The number of thiophene rings is 1. The maximum absolute atomic E-state index is 11.6. The predicted molar refractivity (Wildman–Crippen MR) is 71.5 cm³/mol. The molecule has 1 aromatic heterocycles. The smallest absolute Gasteiger partial charge is 0.273 e. The standard InChI is InChI=1S/C13H12N2O2S/c16-12(10-5-2-1-3-6-10)13(17)15-14-9-11-7-4-8-18-11/h1-9,12,16H,(H,15,17)/b14-9-/t12-/m1/s1. The molecule has 0 spiro atoms. The first-order chi connectivity index (χ1) is 8.77. The number of rotatable bonds is 4. The molecule has 18 heavy (non-hydrogen) atoms. The van der Waals surface area contributed by atoms with E-state index in [0.717, 1.165) is 4.88 Å². The molecule has 4 nitrogen and oxygen atoms in total. The van der Waals surface area contributed by atoms with Gasteiger partial charge in [-0.25, -0.2) is 5.43 Å². The Balaban J connectivity index is 1.92. The first-order valence-electron chi connectivity index (χ1n) is 5.37. The first-order valence-corrected chi connectivity index (χ1v) is 6.25. The Bertz CT molecular complexity index is 523. The Labute approximate surface area is 109 Å². The summed E-state index contributed by atoms with van der Waals surface area (Å²) >= 11 is 1.52. The third-order valence-corrected chi connectivity index (χ3v) is 3.08. The molecule has 0 saturated heterocycles. The zero-order chi connectivity index (χ0) is 12.8. The Morgan fingerprint density at radius 3 is 2.72 bits per heavy atom. The van der Waals surface area contributed by atoms with Crippen molar-refractivity contribution >= 4 is 23.5 Å². The maximum Gasteiger partial charge on any atom is 0.273 e. The third kappa shape index (κ3) is 3.26. The molecule has 0 saturated carbocycles. The average Bonchev–Trinajstić information content (AvgIpc) is 2.92. The topological polar surface area (TPSA) is 61.7 Å². The van der Waals surface area contributed by atoms with Gasteiger partial charge in [0, 0.05) is 4.88 Å². The molecule has 0 aliphatic heterocycles. The van der Waals surface area contributed by atoms with Crippen LogP contribution in [-0.4, -0.2) is 17.2 Å². The quantitative estimate of drug-likeness (QED) is 0.652. The van der Waals surface area contributed by atoms with E-state index in [2.05, 4.69) is 10.5 Å². The molecule has 2 rings (SSSR count). The number of hydrogen-bond acceptors (Lipinski definition) is 4. The number of carbonyl (C=O) groups excluding carboxylic acids is 1. The van der Waals surface area contributed by atoms with Crippen LogP contribution < -0.4 is 5.43 Å². The Morgan fingerprint density at radius 2 is 2.06 bits per heavy atom. The summed E-state index contributed by atoms with van der Waals surface area (Å²) in [4.78, 5) is 12.5. The molecule has 1 aromatic carbocycles. The summed E-state index contributed by atoms with van der Waals surface area (Å²) in [7, 11) is 0. The van der Waals surface area contributed by atoms with Crippen molar-refractivity contribution in [1.29, 1.82) is 0 Å². The van der Waals surface area contributed by atoms with Gasteiger partial charge in [-0.3, -0.25) is 4.79 Å². The lowest BCUT2D eigenvalue weighted by Gasteiger charge is -2.08. The van der Waals surface area contributed by atoms with Gasteiger partial charge in [0.05, 0.1) is 6.21 Å². The molecule has 1 amide bonds. The molecule has 0 aliphatic carbocycles. The molecular weight excluding hydrogens is 248 g/mol. The summed E-state index contributed by atoms with van der Waals surface area (Å²) < 4.78 is 0. The van der Waals surface area contributed by atoms with E-state index < -0.39 is 12.0 Å². The number of nitrogens with zero attached hydrogens (tertiary/aromatic N) is 1. The number of aliphatic hydroxyl groups is 1. The van der Waals surface area contributed by atoms with E-state index in [1.807, 2.05) is 23.6 Å². The number of aliphatic hydroxyl groups excluding tert-OH is 1. The number of hydrogen-bond donors (Lipinski definition) is 2. The largest absolute Gasteiger partial charge is 0.378 e. The fourth-order valence-corrected chi connectivity index (χ4v) is 1.96. The van der Waals surface area contributed by atoms with Crippen molar-refractivity contribution in [1.82, 2.24) is 5.43 Å². The van der Waals surface area contributed by atoms with Crippen molar-refractivity contribution in [3.05, 3.63) is 58.3 Å². The van der Waals surface area contributed by atoms with Crippen molar-refractivity contribution in [3.8, 4) is 0 Å². The molecule has 1 atom stereocenters. The summed E-state index contributed by atoms with van der Waals surface area (Å²) in [6.07, 6.45) is 0.340. The second-order valence-corrected chi connectivity index (χ2v) is 4.54. The van der Waals surface area contributed by atoms with Crippen LogP contribution in [0.2, 0.25) is 0 Å². The molecule has 0 aliphatic rings. The SMILES string of the molecule is O=C(N/N=C\c1cccs1)[C@H](O)c1ccccc1. The fourth-order valence-electron chi connectivity index (χ4n) is 1.37. The van der Waals surface area contributed by atoms with Gasteiger partial charge in [0.1, 0.15) is 0 Å². The van der Waals surface area contributed by atoms with Gasteiger partial charge in [0.15, 0.2) is 6.10 Å². The van der Waals surface area contributed by atoms with Crippen LogP contribution in [0.25, 0.3) is 0 Å². The molecule has 1 heterocycles. The van der Waals surface area contributed by atoms with E-state index in [0.29, 0.717) is 5.56 Å². The highest BCUT2D eigenvalue weighted by Crippen LogP contribution is 2.11. The highest BCUT2D eigenvalue weighted by Gasteiger charge is 2.15. The number of amides is 1. The minimum absolute atomic E-state index is 0.543. The number of nitrogens with one attached hydrogen (secondary N) is 1. The van der Waals surface area contributed by atoms with Crippen molar-refractivity contribution in [3.63, 3.8) is 0 Å². The molecule has 0 fully saturated rings. The van der Waals surface area contributed by atoms with Gasteiger partial charge < -0.3 is 5.11 Å². The van der Waals surface area contributed by atoms with Crippen LogP contribution in [-0.2, 0) is 4.79 Å². The van der Waals surface area contributed by atoms with Crippen molar-refractivity contribution in [2.75, 3.05) is 0 Å². The van der Waals surface area contributed by atoms with Crippen molar-refractivity contribution < 1.29 is 9.90 Å². The number of benzene rings is 1. The van der Waals surface area contributed by atoms with E-state index in [-0.39, 0.29) is 0 Å².